The van der Waals surface area contributed by atoms with E-state index in [1.165, 1.54) is 12.1 Å². The number of halogens is 2. The highest BCUT2D eigenvalue weighted by molar-refractivity contribution is 9.10. The summed E-state index contributed by atoms with van der Waals surface area (Å²) in [6, 6.07) is 5.99. The largest absolute Gasteiger partial charge is 0.349 e. The molecule has 15 heavy (non-hydrogen) atoms. The van der Waals surface area contributed by atoms with Crippen LogP contribution in [0.1, 0.15) is 25.5 Å². The summed E-state index contributed by atoms with van der Waals surface area (Å²) in [5, 5.41) is 2.81. The van der Waals surface area contributed by atoms with Crippen LogP contribution >= 0.6 is 15.9 Å². The highest BCUT2D eigenvalue weighted by atomic mass is 79.9. The lowest BCUT2D eigenvalue weighted by Crippen LogP contribution is -2.31. The minimum Gasteiger partial charge on any atom is -0.349 e. The molecule has 0 radical (unpaired) electrons. The quantitative estimate of drug-likeness (QED) is 0.844. The van der Waals surface area contributed by atoms with Crippen LogP contribution in [0.15, 0.2) is 24.3 Å². The number of carbonyl (C=O) groups excluding carboxylic acids is 1. The third kappa shape index (κ3) is 3.63. The van der Waals surface area contributed by atoms with E-state index in [4.69, 9.17) is 0 Å². The summed E-state index contributed by atoms with van der Waals surface area (Å²) in [6.45, 7) is 3.62. The lowest BCUT2D eigenvalue weighted by molar-refractivity contribution is -0.120. The third-order valence-corrected chi connectivity index (χ3v) is 2.51. The Balaban J connectivity index is 2.65. The zero-order chi connectivity index (χ0) is 11.4. The van der Waals surface area contributed by atoms with Crippen LogP contribution in [0.5, 0.6) is 0 Å². The minimum absolute atomic E-state index is 0.0770. The maximum Gasteiger partial charge on any atom is 0.233 e. The fourth-order valence-corrected chi connectivity index (χ4v) is 1.30. The van der Waals surface area contributed by atoms with E-state index in [1.54, 1.807) is 19.1 Å². The molecular weight excluding hydrogens is 261 g/mol. The van der Waals surface area contributed by atoms with Crippen molar-refractivity contribution in [2.45, 2.75) is 24.7 Å². The van der Waals surface area contributed by atoms with E-state index in [-0.39, 0.29) is 22.6 Å². The molecule has 0 spiro atoms. The van der Waals surface area contributed by atoms with Crippen molar-refractivity contribution in [2.24, 2.45) is 0 Å². The van der Waals surface area contributed by atoms with E-state index >= 15 is 0 Å². The normalized spacial score (nSPS) is 14.4. The second-order valence-corrected chi connectivity index (χ2v) is 4.77. The molecule has 0 aliphatic rings. The molecule has 0 heterocycles. The lowest BCUT2D eigenvalue weighted by atomic mass is 10.1. The Hall–Kier alpha value is -0.900. The predicted molar refractivity (Wildman–Crippen MR) is 61.3 cm³/mol. The zero-order valence-corrected chi connectivity index (χ0v) is 10.2. The van der Waals surface area contributed by atoms with E-state index in [2.05, 4.69) is 21.2 Å². The first-order chi connectivity index (χ1) is 7.00. The summed E-state index contributed by atoms with van der Waals surface area (Å²) in [4.78, 5) is 11.1. The van der Waals surface area contributed by atoms with Crippen molar-refractivity contribution in [3.63, 3.8) is 0 Å². The Morgan fingerprint density at radius 1 is 1.33 bits per heavy atom. The molecule has 0 fully saturated rings. The summed E-state index contributed by atoms with van der Waals surface area (Å²) in [5.74, 6) is -0.349. The zero-order valence-electron chi connectivity index (χ0n) is 8.63. The Kier molecular flexibility index (Phi) is 4.27. The number of benzene rings is 1. The van der Waals surface area contributed by atoms with Gasteiger partial charge in [-0.2, -0.15) is 0 Å². The first kappa shape index (κ1) is 12.2. The molecule has 0 aliphatic carbocycles. The highest BCUT2D eigenvalue weighted by Gasteiger charge is 2.13. The summed E-state index contributed by atoms with van der Waals surface area (Å²) in [7, 11) is 0. The molecule has 1 amide bonds. The predicted octanol–water partition coefficient (Wildman–Crippen LogP) is 2.79. The molecule has 2 nitrogen and oxygen atoms in total. The average molecular weight is 274 g/mol. The monoisotopic (exact) mass is 273 g/mol. The summed E-state index contributed by atoms with van der Waals surface area (Å²) >= 11 is 3.18. The molecule has 0 aromatic heterocycles. The van der Waals surface area contributed by atoms with Gasteiger partial charge in [-0.25, -0.2) is 4.39 Å². The van der Waals surface area contributed by atoms with Crippen LogP contribution in [0.25, 0.3) is 0 Å². The van der Waals surface area contributed by atoms with Crippen molar-refractivity contribution in [3.05, 3.63) is 35.6 Å². The molecule has 1 N–H and O–H groups in total. The molecule has 0 saturated carbocycles. The van der Waals surface area contributed by atoms with Gasteiger partial charge >= 0.3 is 0 Å². The maximum atomic E-state index is 12.6. The van der Waals surface area contributed by atoms with Gasteiger partial charge in [0, 0.05) is 0 Å². The van der Waals surface area contributed by atoms with Crippen LogP contribution in [0.3, 0.4) is 0 Å². The standard InChI is InChI=1S/C11H13BrFNO/c1-7(12)11(15)14-8(2)9-3-5-10(13)6-4-9/h3-8H,1-2H3,(H,14,15)/t7?,8-/m0/s1. The van der Waals surface area contributed by atoms with E-state index in [0.29, 0.717) is 0 Å². The van der Waals surface area contributed by atoms with Gasteiger partial charge in [0.05, 0.1) is 10.9 Å². The molecule has 4 heteroatoms. The number of nitrogens with one attached hydrogen (secondary N) is 1. The summed E-state index contributed by atoms with van der Waals surface area (Å²) in [5.41, 5.74) is 0.887. The van der Waals surface area contributed by atoms with Crippen LogP contribution in [-0.2, 0) is 4.79 Å². The fourth-order valence-electron chi connectivity index (χ4n) is 1.16. The van der Waals surface area contributed by atoms with Crippen LogP contribution < -0.4 is 5.32 Å². The van der Waals surface area contributed by atoms with Crippen LogP contribution in [0, 0.1) is 5.82 Å². The van der Waals surface area contributed by atoms with Gasteiger partial charge < -0.3 is 5.32 Å². The molecule has 0 bridgehead atoms. The van der Waals surface area contributed by atoms with Crippen molar-refractivity contribution >= 4 is 21.8 Å². The van der Waals surface area contributed by atoms with E-state index < -0.39 is 0 Å². The van der Waals surface area contributed by atoms with Crippen LogP contribution in [0.4, 0.5) is 4.39 Å². The lowest BCUT2D eigenvalue weighted by Gasteiger charge is -2.15. The average Bonchev–Trinajstić information content (AvgIpc) is 2.18. The summed E-state index contributed by atoms with van der Waals surface area (Å²) in [6.07, 6.45) is 0. The summed E-state index contributed by atoms with van der Waals surface area (Å²) < 4.78 is 12.6. The Morgan fingerprint density at radius 2 is 1.87 bits per heavy atom. The second kappa shape index (κ2) is 5.26. The third-order valence-electron chi connectivity index (χ3n) is 2.09. The van der Waals surface area contributed by atoms with E-state index in [0.717, 1.165) is 5.56 Å². The Labute approximate surface area is 97.0 Å². The number of alkyl halides is 1. The van der Waals surface area contributed by atoms with E-state index in [9.17, 15) is 9.18 Å². The highest BCUT2D eigenvalue weighted by Crippen LogP contribution is 2.13. The molecule has 0 aliphatic heterocycles. The first-order valence-corrected chi connectivity index (χ1v) is 5.62. The number of hydrogen-bond donors (Lipinski definition) is 1. The Morgan fingerprint density at radius 3 is 2.33 bits per heavy atom. The van der Waals surface area contributed by atoms with Gasteiger partial charge in [-0.05, 0) is 31.5 Å². The van der Waals surface area contributed by atoms with Crippen molar-refractivity contribution < 1.29 is 9.18 Å². The molecule has 2 atom stereocenters. The van der Waals surface area contributed by atoms with Gasteiger partial charge in [-0.15, -0.1) is 0 Å². The minimum atomic E-state index is -0.272. The molecule has 1 rings (SSSR count). The van der Waals surface area contributed by atoms with Crippen molar-refractivity contribution in [3.8, 4) is 0 Å². The number of hydrogen-bond acceptors (Lipinski definition) is 1. The van der Waals surface area contributed by atoms with Gasteiger partial charge in [-0.3, -0.25) is 4.79 Å². The Bertz CT molecular complexity index is 337. The molecular formula is C11H13BrFNO. The number of amides is 1. The fraction of sp³-hybridized carbons (Fsp3) is 0.364. The van der Waals surface area contributed by atoms with Gasteiger partial charge in [0.25, 0.3) is 0 Å². The smallest absolute Gasteiger partial charge is 0.233 e. The molecule has 0 saturated heterocycles. The molecule has 1 unspecified atom stereocenters. The van der Waals surface area contributed by atoms with Crippen molar-refractivity contribution in [2.75, 3.05) is 0 Å². The molecule has 82 valence electrons. The van der Waals surface area contributed by atoms with E-state index in [1.807, 2.05) is 6.92 Å². The van der Waals surface area contributed by atoms with Gasteiger partial charge in [0.15, 0.2) is 0 Å². The second-order valence-electron chi connectivity index (χ2n) is 3.40. The SMILES string of the molecule is CC(Br)C(=O)N[C@@H](C)c1ccc(F)cc1. The first-order valence-electron chi connectivity index (χ1n) is 4.70. The number of carbonyl (C=O) groups is 1. The van der Waals surface area contributed by atoms with Gasteiger partial charge in [0.1, 0.15) is 5.82 Å². The van der Waals surface area contributed by atoms with Crippen molar-refractivity contribution in [1.29, 1.82) is 0 Å². The van der Waals surface area contributed by atoms with Crippen molar-refractivity contribution in [1.82, 2.24) is 5.32 Å². The maximum absolute atomic E-state index is 12.6. The van der Waals surface area contributed by atoms with Gasteiger partial charge in [0.2, 0.25) is 5.91 Å². The van der Waals surface area contributed by atoms with Gasteiger partial charge in [-0.1, -0.05) is 28.1 Å². The topological polar surface area (TPSA) is 29.1 Å². The van der Waals surface area contributed by atoms with Crippen LogP contribution in [0.2, 0.25) is 0 Å². The van der Waals surface area contributed by atoms with Crippen LogP contribution in [-0.4, -0.2) is 10.7 Å². The number of rotatable bonds is 3. The molecule has 1 aromatic rings. The molecule has 1 aromatic carbocycles.